The zero-order valence-electron chi connectivity index (χ0n) is 17.4. The van der Waals surface area contributed by atoms with Crippen LogP contribution in [0.2, 0.25) is 0 Å². The molecule has 0 aliphatic carbocycles. The highest BCUT2D eigenvalue weighted by Gasteiger charge is 2.09. The number of unbranched alkanes of at least 4 members (excludes halogenated alkanes) is 1. The van der Waals surface area contributed by atoms with Crippen LogP contribution in [0, 0.1) is 0 Å². The van der Waals surface area contributed by atoms with Crippen molar-refractivity contribution in [3.63, 3.8) is 0 Å². The highest BCUT2D eigenvalue weighted by atomic mass is 16.5. The Bertz CT molecular complexity index is 562. The molecule has 1 saturated heterocycles. The molecule has 28 heavy (non-hydrogen) atoms. The first-order valence-corrected chi connectivity index (χ1v) is 10.4. The SMILES string of the molecule is CCOCCCCNC(=NC)NCc1cccc(OCCN2CCOCC2)c1. The first kappa shape index (κ1) is 22.5. The summed E-state index contributed by atoms with van der Waals surface area (Å²) in [6.07, 6.45) is 2.12. The second-order valence-corrected chi connectivity index (χ2v) is 6.71. The Morgan fingerprint density at radius 3 is 2.82 bits per heavy atom. The maximum atomic E-state index is 5.93. The van der Waals surface area contributed by atoms with E-state index in [-0.39, 0.29) is 0 Å². The summed E-state index contributed by atoms with van der Waals surface area (Å²) < 4.78 is 16.7. The van der Waals surface area contributed by atoms with E-state index in [4.69, 9.17) is 14.2 Å². The Labute approximate surface area is 169 Å². The summed E-state index contributed by atoms with van der Waals surface area (Å²) >= 11 is 0. The average molecular weight is 393 g/mol. The quantitative estimate of drug-likeness (QED) is 0.322. The minimum absolute atomic E-state index is 0.696. The van der Waals surface area contributed by atoms with Gasteiger partial charge in [-0.3, -0.25) is 9.89 Å². The van der Waals surface area contributed by atoms with Gasteiger partial charge < -0.3 is 24.8 Å². The molecule has 0 spiro atoms. The van der Waals surface area contributed by atoms with Crippen LogP contribution in [-0.4, -0.2) is 77.1 Å². The highest BCUT2D eigenvalue weighted by molar-refractivity contribution is 5.79. The second-order valence-electron chi connectivity index (χ2n) is 6.71. The number of aliphatic imine (C=N–C) groups is 1. The lowest BCUT2D eigenvalue weighted by Crippen LogP contribution is -2.38. The van der Waals surface area contributed by atoms with Crippen molar-refractivity contribution in [3.05, 3.63) is 29.8 Å². The Balaban J connectivity index is 1.65. The van der Waals surface area contributed by atoms with Crippen molar-refractivity contribution in [2.45, 2.75) is 26.3 Å². The van der Waals surface area contributed by atoms with Crippen molar-refractivity contribution in [1.82, 2.24) is 15.5 Å². The van der Waals surface area contributed by atoms with Crippen molar-refractivity contribution in [3.8, 4) is 5.75 Å². The lowest BCUT2D eigenvalue weighted by atomic mass is 10.2. The molecular weight excluding hydrogens is 356 g/mol. The summed E-state index contributed by atoms with van der Waals surface area (Å²) in [4.78, 5) is 6.65. The van der Waals surface area contributed by atoms with E-state index in [1.165, 1.54) is 5.56 Å². The zero-order valence-corrected chi connectivity index (χ0v) is 17.4. The average Bonchev–Trinajstić information content (AvgIpc) is 2.74. The predicted octanol–water partition coefficient (Wildman–Crippen LogP) is 1.88. The van der Waals surface area contributed by atoms with Gasteiger partial charge in [0.25, 0.3) is 0 Å². The number of morpholine rings is 1. The van der Waals surface area contributed by atoms with E-state index in [0.29, 0.717) is 13.2 Å². The van der Waals surface area contributed by atoms with Crippen molar-refractivity contribution in [2.75, 3.05) is 66.3 Å². The summed E-state index contributed by atoms with van der Waals surface area (Å²) in [7, 11) is 1.79. The first-order chi connectivity index (χ1) is 13.8. The van der Waals surface area contributed by atoms with Gasteiger partial charge >= 0.3 is 0 Å². The van der Waals surface area contributed by atoms with Crippen molar-refractivity contribution < 1.29 is 14.2 Å². The normalized spacial score (nSPS) is 15.4. The van der Waals surface area contributed by atoms with E-state index in [1.807, 2.05) is 19.1 Å². The smallest absolute Gasteiger partial charge is 0.191 e. The number of rotatable bonds is 12. The van der Waals surface area contributed by atoms with Gasteiger partial charge in [-0.1, -0.05) is 12.1 Å². The molecule has 7 nitrogen and oxygen atoms in total. The summed E-state index contributed by atoms with van der Waals surface area (Å²) in [6.45, 7) is 10.5. The van der Waals surface area contributed by atoms with Gasteiger partial charge in [-0.05, 0) is 37.5 Å². The van der Waals surface area contributed by atoms with Crippen LogP contribution in [0.3, 0.4) is 0 Å². The number of guanidine groups is 1. The summed E-state index contributed by atoms with van der Waals surface area (Å²) in [5, 5.41) is 6.69. The molecule has 0 bridgehead atoms. The van der Waals surface area contributed by atoms with Gasteiger partial charge in [-0.15, -0.1) is 0 Å². The predicted molar refractivity (Wildman–Crippen MR) is 113 cm³/mol. The highest BCUT2D eigenvalue weighted by Crippen LogP contribution is 2.13. The number of nitrogens with zero attached hydrogens (tertiary/aromatic N) is 2. The molecule has 0 amide bonds. The fourth-order valence-corrected chi connectivity index (χ4v) is 2.95. The van der Waals surface area contributed by atoms with Gasteiger partial charge in [-0.2, -0.15) is 0 Å². The third-order valence-electron chi connectivity index (χ3n) is 4.57. The van der Waals surface area contributed by atoms with Crippen molar-refractivity contribution in [1.29, 1.82) is 0 Å². The second kappa shape index (κ2) is 14.2. The Hall–Kier alpha value is -1.83. The van der Waals surface area contributed by atoms with E-state index in [9.17, 15) is 0 Å². The minimum atomic E-state index is 0.696. The molecule has 1 aliphatic heterocycles. The maximum Gasteiger partial charge on any atom is 0.191 e. The molecule has 1 aliphatic rings. The maximum absolute atomic E-state index is 5.93. The largest absolute Gasteiger partial charge is 0.492 e. The van der Waals surface area contributed by atoms with E-state index in [2.05, 4.69) is 32.7 Å². The fourth-order valence-electron chi connectivity index (χ4n) is 2.95. The summed E-state index contributed by atoms with van der Waals surface area (Å²) in [5.74, 6) is 1.72. The lowest BCUT2D eigenvalue weighted by Gasteiger charge is -2.26. The number of ether oxygens (including phenoxy) is 3. The standard InChI is InChI=1S/C21H36N4O3/c1-3-26-13-5-4-9-23-21(22-2)24-18-19-7-6-8-20(17-19)28-16-12-25-10-14-27-15-11-25/h6-8,17H,3-5,9-16,18H2,1-2H3,(H2,22,23,24). The molecule has 2 N–H and O–H groups in total. The van der Waals surface area contributed by atoms with Crippen LogP contribution in [0.4, 0.5) is 0 Å². The molecule has 7 heteroatoms. The molecule has 0 unspecified atom stereocenters. The van der Waals surface area contributed by atoms with Crippen molar-refractivity contribution in [2.24, 2.45) is 4.99 Å². The molecule has 0 atom stereocenters. The zero-order chi connectivity index (χ0) is 19.9. The molecule has 0 aromatic heterocycles. The van der Waals surface area contributed by atoms with Crippen LogP contribution in [-0.2, 0) is 16.0 Å². The van der Waals surface area contributed by atoms with Crippen LogP contribution in [0.5, 0.6) is 5.75 Å². The third kappa shape index (κ3) is 9.39. The fraction of sp³-hybridized carbons (Fsp3) is 0.667. The molecule has 1 aromatic rings. The third-order valence-corrected chi connectivity index (χ3v) is 4.57. The number of nitrogens with one attached hydrogen (secondary N) is 2. The van der Waals surface area contributed by atoms with E-state index in [1.54, 1.807) is 7.05 Å². The molecule has 1 fully saturated rings. The number of hydrogen-bond acceptors (Lipinski definition) is 5. The first-order valence-electron chi connectivity index (χ1n) is 10.4. The molecule has 0 saturated carbocycles. The van der Waals surface area contributed by atoms with Gasteiger partial charge in [0.1, 0.15) is 12.4 Å². The van der Waals surface area contributed by atoms with E-state index < -0.39 is 0 Å². The van der Waals surface area contributed by atoms with Crippen LogP contribution in [0.1, 0.15) is 25.3 Å². The minimum Gasteiger partial charge on any atom is -0.492 e. The van der Waals surface area contributed by atoms with E-state index in [0.717, 1.165) is 77.2 Å². The Morgan fingerprint density at radius 1 is 1.18 bits per heavy atom. The van der Waals surface area contributed by atoms with Crippen LogP contribution < -0.4 is 15.4 Å². The van der Waals surface area contributed by atoms with Gasteiger partial charge in [-0.25, -0.2) is 0 Å². The van der Waals surface area contributed by atoms with Gasteiger partial charge in [0.15, 0.2) is 5.96 Å². The van der Waals surface area contributed by atoms with Crippen LogP contribution in [0.25, 0.3) is 0 Å². The van der Waals surface area contributed by atoms with Crippen molar-refractivity contribution >= 4 is 5.96 Å². The molecule has 1 heterocycles. The number of hydrogen-bond donors (Lipinski definition) is 2. The molecular formula is C21H36N4O3. The number of benzene rings is 1. The lowest BCUT2D eigenvalue weighted by molar-refractivity contribution is 0.0322. The summed E-state index contributed by atoms with van der Waals surface area (Å²) in [5.41, 5.74) is 1.17. The van der Waals surface area contributed by atoms with Crippen LogP contribution >= 0.6 is 0 Å². The monoisotopic (exact) mass is 392 g/mol. The summed E-state index contributed by atoms with van der Waals surface area (Å²) in [6, 6.07) is 8.22. The van der Waals surface area contributed by atoms with Gasteiger partial charge in [0.05, 0.1) is 13.2 Å². The van der Waals surface area contributed by atoms with Crippen LogP contribution in [0.15, 0.2) is 29.3 Å². The van der Waals surface area contributed by atoms with E-state index >= 15 is 0 Å². The topological polar surface area (TPSA) is 67.3 Å². The molecule has 2 rings (SSSR count). The Morgan fingerprint density at radius 2 is 2.04 bits per heavy atom. The Kier molecular flexibility index (Phi) is 11.4. The van der Waals surface area contributed by atoms with Gasteiger partial charge in [0, 0.05) is 53.0 Å². The van der Waals surface area contributed by atoms with Gasteiger partial charge in [0.2, 0.25) is 0 Å². The molecule has 0 radical (unpaired) electrons. The molecule has 1 aromatic carbocycles. The molecule has 158 valence electrons.